The molecule has 0 spiro atoms. The van der Waals surface area contributed by atoms with Crippen LogP contribution in [0.2, 0.25) is 0 Å². The van der Waals surface area contributed by atoms with E-state index >= 15 is 0 Å². The second-order valence-corrected chi connectivity index (χ2v) is 7.05. The first-order valence-electron chi connectivity index (χ1n) is 10.1. The van der Waals surface area contributed by atoms with Crippen LogP contribution in [0.5, 0.6) is 11.5 Å². The number of amides is 4. The Morgan fingerprint density at radius 2 is 1.67 bits per heavy atom. The van der Waals surface area contributed by atoms with Crippen molar-refractivity contribution in [3.63, 3.8) is 0 Å². The number of benzene rings is 3. The molecule has 8 nitrogen and oxygen atoms in total. The summed E-state index contributed by atoms with van der Waals surface area (Å²) in [5.74, 6) is -0.197. The molecule has 4 amide bonds. The van der Waals surface area contributed by atoms with Gasteiger partial charge in [0.1, 0.15) is 5.70 Å². The summed E-state index contributed by atoms with van der Waals surface area (Å²) < 4.78 is 11.1. The van der Waals surface area contributed by atoms with Gasteiger partial charge < -0.3 is 20.1 Å². The third-order valence-electron chi connectivity index (χ3n) is 4.83. The summed E-state index contributed by atoms with van der Waals surface area (Å²) in [4.78, 5) is 38.7. The maximum atomic E-state index is 12.9. The Balaban J connectivity index is 1.56. The quantitative estimate of drug-likeness (QED) is 0.428. The predicted molar refractivity (Wildman–Crippen MR) is 124 cm³/mol. The van der Waals surface area contributed by atoms with Crippen molar-refractivity contribution in [1.29, 1.82) is 0 Å². The highest BCUT2D eigenvalue weighted by Gasteiger charge is 2.35. The number of nitrogens with one attached hydrogen (secondary N) is 2. The van der Waals surface area contributed by atoms with Crippen molar-refractivity contribution in [3.8, 4) is 11.5 Å². The Kier molecular flexibility index (Phi) is 6.36. The second-order valence-electron chi connectivity index (χ2n) is 7.05. The molecule has 1 saturated heterocycles. The Hall–Kier alpha value is -4.59. The summed E-state index contributed by atoms with van der Waals surface area (Å²) >= 11 is 0. The normalized spacial score (nSPS) is 14.2. The number of urea groups is 1. The number of methoxy groups -OCH3 is 1. The van der Waals surface area contributed by atoms with Gasteiger partial charge in [-0.3, -0.25) is 9.59 Å². The fourth-order valence-electron chi connectivity index (χ4n) is 3.32. The van der Waals surface area contributed by atoms with Gasteiger partial charge in [-0.1, -0.05) is 48.5 Å². The van der Waals surface area contributed by atoms with Gasteiger partial charge in [0, 0.05) is 11.3 Å². The lowest BCUT2D eigenvalue weighted by atomic mass is 10.1. The first-order valence-corrected chi connectivity index (χ1v) is 10.1. The van der Waals surface area contributed by atoms with E-state index in [9.17, 15) is 14.4 Å². The van der Waals surface area contributed by atoms with E-state index in [2.05, 4.69) is 10.6 Å². The molecule has 0 atom stereocenters. The van der Waals surface area contributed by atoms with E-state index in [-0.39, 0.29) is 24.0 Å². The number of hydrogen-bond donors (Lipinski definition) is 2. The van der Waals surface area contributed by atoms with Crippen LogP contribution in [0.15, 0.2) is 84.6 Å². The summed E-state index contributed by atoms with van der Waals surface area (Å²) in [5, 5.41) is 5.33. The molecule has 1 aliphatic heterocycles. The number of hydrogen-bond acceptors (Lipinski definition) is 5. The SMILES string of the molecule is COc1cccc(C=C2NC(=O)N(c3ccccc3)C2=O)c1OCC(=O)Nc1ccccc1. The predicted octanol–water partition coefficient (Wildman–Crippen LogP) is 3.81. The lowest BCUT2D eigenvalue weighted by molar-refractivity contribution is -0.118. The fourth-order valence-corrected chi connectivity index (χ4v) is 3.32. The number of para-hydroxylation sites is 3. The number of rotatable bonds is 7. The molecule has 0 aliphatic carbocycles. The largest absolute Gasteiger partial charge is 0.493 e. The average Bonchev–Trinajstić information content (AvgIpc) is 3.11. The van der Waals surface area contributed by atoms with Crippen LogP contribution in [-0.4, -0.2) is 31.6 Å². The average molecular weight is 443 g/mol. The second kappa shape index (κ2) is 9.69. The molecule has 1 aliphatic rings. The topological polar surface area (TPSA) is 97.0 Å². The summed E-state index contributed by atoms with van der Waals surface area (Å²) in [6, 6.07) is 22.2. The number of anilines is 2. The van der Waals surface area contributed by atoms with Crippen LogP contribution in [-0.2, 0) is 9.59 Å². The molecule has 2 N–H and O–H groups in total. The lowest BCUT2D eigenvalue weighted by Crippen LogP contribution is -2.30. The van der Waals surface area contributed by atoms with Crippen molar-refractivity contribution < 1.29 is 23.9 Å². The van der Waals surface area contributed by atoms with Gasteiger partial charge in [0.05, 0.1) is 12.8 Å². The van der Waals surface area contributed by atoms with E-state index in [0.29, 0.717) is 22.7 Å². The zero-order valence-corrected chi connectivity index (χ0v) is 17.8. The van der Waals surface area contributed by atoms with E-state index < -0.39 is 11.9 Å². The van der Waals surface area contributed by atoms with E-state index in [1.165, 1.54) is 13.2 Å². The van der Waals surface area contributed by atoms with Gasteiger partial charge in [-0.2, -0.15) is 0 Å². The molecular formula is C25H21N3O5. The molecule has 0 aromatic heterocycles. The van der Waals surface area contributed by atoms with Gasteiger partial charge in [0.15, 0.2) is 18.1 Å². The highest BCUT2D eigenvalue weighted by Crippen LogP contribution is 2.33. The number of nitrogens with zero attached hydrogens (tertiary/aromatic N) is 1. The van der Waals surface area contributed by atoms with Crippen molar-refractivity contribution in [1.82, 2.24) is 5.32 Å². The minimum Gasteiger partial charge on any atom is -0.493 e. The molecule has 33 heavy (non-hydrogen) atoms. The van der Waals surface area contributed by atoms with Gasteiger partial charge in [-0.05, 0) is 36.4 Å². The summed E-state index contributed by atoms with van der Waals surface area (Å²) in [5.41, 5.74) is 1.66. The molecule has 4 rings (SSSR count). The molecule has 0 bridgehead atoms. The van der Waals surface area contributed by atoms with Gasteiger partial charge >= 0.3 is 6.03 Å². The number of carbonyl (C=O) groups is 3. The minimum absolute atomic E-state index is 0.0793. The monoisotopic (exact) mass is 443 g/mol. The zero-order chi connectivity index (χ0) is 23.2. The highest BCUT2D eigenvalue weighted by molar-refractivity contribution is 6.28. The van der Waals surface area contributed by atoms with E-state index in [1.807, 2.05) is 18.2 Å². The maximum Gasteiger partial charge on any atom is 0.333 e. The molecule has 8 heteroatoms. The zero-order valence-electron chi connectivity index (χ0n) is 17.8. The van der Waals surface area contributed by atoms with Crippen molar-refractivity contribution >= 4 is 35.3 Å². The van der Waals surface area contributed by atoms with Crippen molar-refractivity contribution in [2.45, 2.75) is 0 Å². The van der Waals surface area contributed by atoms with Crippen LogP contribution in [0, 0.1) is 0 Å². The lowest BCUT2D eigenvalue weighted by Gasteiger charge is -2.14. The van der Waals surface area contributed by atoms with Crippen LogP contribution in [0.25, 0.3) is 6.08 Å². The number of carbonyl (C=O) groups excluding carboxylic acids is 3. The summed E-state index contributed by atoms with van der Waals surface area (Å²) in [6.07, 6.45) is 1.50. The molecule has 1 heterocycles. The Morgan fingerprint density at radius 3 is 2.36 bits per heavy atom. The first kappa shape index (κ1) is 21.6. The fraction of sp³-hybridized carbons (Fsp3) is 0.0800. The standard InChI is InChI=1S/C25H21N3O5/c1-32-21-14-8-9-17(23(21)33-16-22(29)26-18-10-4-2-5-11-18)15-20-24(30)28(25(31)27-20)19-12-6-3-7-13-19/h2-15H,16H2,1H3,(H,26,29)(H,27,31). The van der Waals surface area contributed by atoms with E-state index in [4.69, 9.17) is 9.47 Å². The van der Waals surface area contributed by atoms with Crippen LogP contribution < -0.4 is 25.0 Å². The van der Waals surface area contributed by atoms with Crippen molar-refractivity contribution in [2.75, 3.05) is 23.9 Å². The molecule has 166 valence electrons. The number of ether oxygens (including phenoxy) is 2. The van der Waals surface area contributed by atoms with Crippen LogP contribution in [0.4, 0.5) is 16.2 Å². The Bertz CT molecular complexity index is 1210. The van der Waals surface area contributed by atoms with Gasteiger partial charge in [0.2, 0.25) is 0 Å². The summed E-state index contributed by atoms with van der Waals surface area (Å²) in [6.45, 7) is -0.276. The molecule has 1 fully saturated rings. The van der Waals surface area contributed by atoms with Crippen molar-refractivity contribution in [3.05, 3.63) is 90.1 Å². The smallest absolute Gasteiger partial charge is 0.333 e. The Labute approximate surface area is 190 Å². The van der Waals surface area contributed by atoms with Crippen LogP contribution >= 0.6 is 0 Å². The number of imide groups is 1. The van der Waals surface area contributed by atoms with Gasteiger partial charge in [-0.15, -0.1) is 0 Å². The van der Waals surface area contributed by atoms with E-state index in [1.54, 1.807) is 60.7 Å². The van der Waals surface area contributed by atoms with Crippen molar-refractivity contribution in [2.24, 2.45) is 0 Å². The van der Waals surface area contributed by atoms with Crippen LogP contribution in [0.3, 0.4) is 0 Å². The van der Waals surface area contributed by atoms with E-state index in [0.717, 1.165) is 4.90 Å². The minimum atomic E-state index is -0.551. The third kappa shape index (κ3) is 4.85. The third-order valence-corrected chi connectivity index (χ3v) is 4.83. The Morgan fingerprint density at radius 1 is 0.970 bits per heavy atom. The van der Waals surface area contributed by atoms with Gasteiger partial charge in [-0.25, -0.2) is 9.69 Å². The molecular weight excluding hydrogens is 422 g/mol. The van der Waals surface area contributed by atoms with Crippen LogP contribution in [0.1, 0.15) is 5.56 Å². The molecule has 0 radical (unpaired) electrons. The molecule has 3 aromatic carbocycles. The first-order chi connectivity index (χ1) is 16.1. The molecule has 0 unspecified atom stereocenters. The highest BCUT2D eigenvalue weighted by atomic mass is 16.5. The summed E-state index contributed by atoms with van der Waals surface area (Å²) in [7, 11) is 1.47. The maximum absolute atomic E-state index is 12.9. The van der Waals surface area contributed by atoms with Gasteiger partial charge in [0.25, 0.3) is 11.8 Å². The molecule has 3 aromatic rings. The molecule has 0 saturated carbocycles.